The van der Waals surface area contributed by atoms with Crippen molar-refractivity contribution in [2.75, 3.05) is 6.61 Å². The third-order valence-corrected chi connectivity index (χ3v) is 3.13. The highest BCUT2D eigenvalue weighted by molar-refractivity contribution is 6.32. The van der Waals surface area contributed by atoms with Crippen molar-refractivity contribution in [3.05, 3.63) is 28.8 Å². The van der Waals surface area contributed by atoms with Crippen LogP contribution in [0.3, 0.4) is 0 Å². The summed E-state index contributed by atoms with van der Waals surface area (Å²) in [5.74, 6) is 1.17. The number of para-hydroxylation sites is 1. The summed E-state index contributed by atoms with van der Waals surface area (Å²) in [6.45, 7) is 4.91. The zero-order valence-corrected chi connectivity index (χ0v) is 10.6. The topological polar surface area (TPSA) is 29.5 Å². The first kappa shape index (κ1) is 13.3. The molecule has 1 aromatic carbocycles. The molecule has 0 bridgehead atoms. The normalized spacial score (nSPS) is 10.8. The second-order valence-corrected chi connectivity index (χ2v) is 4.29. The lowest BCUT2D eigenvalue weighted by molar-refractivity contribution is 0.226. The van der Waals surface area contributed by atoms with Gasteiger partial charge in [-0.3, -0.25) is 0 Å². The van der Waals surface area contributed by atoms with Crippen molar-refractivity contribution in [1.29, 1.82) is 0 Å². The Labute approximate surface area is 102 Å². The van der Waals surface area contributed by atoms with Crippen molar-refractivity contribution in [2.45, 2.75) is 33.3 Å². The molecule has 1 aromatic rings. The lowest BCUT2D eigenvalue weighted by atomic mass is 10.1. The SMILES string of the molecule is CCC(CC)COc1c(Cl)cccc1CO. The second kappa shape index (κ2) is 6.77. The molecule has 90 valence electrons. The molecule has 0 heterocycles. The zero-order valence-electron chi connectivity index (χ0n) is 9.87. The van der Waals surface area contributed by atoms with Crippen LogP contribution >= 0.6 is 11.6 Å². The Morgan fingerprint density at radius 3 is 2.56 bits per heavy atom. The smallest absolute Gasteiger partial charge is 0.143 e. The maximum atomic E-state index is 9.18. The molecule has 0 atom stereocenters. The summed E-state index contributed by atoms with van der Waals surface area (Å²) in [6.07, 6.45) is 2.19. The van der Waals surface area contributed by atoms with Gasteiger partial charge in [-0.1, -0.05) is 50.4 Å². The van der Waals surface area contributed by atoms with E-state index in [2.05, 4.69) is 13.8 Å². The van der Waals surface area contributed by atoms with Gasteiger partial charge in [0.1, 0.15) is 5.75 Å². The number of hydrogen-bond acceptors (Lipinski definition) is 2. The van der Waals surface area contributed by atoms with Crippen LogP contribution < -0.4 is 4.74 Å². The van der Waals surface area contributed by atoms with Crippen molar-refractivity contribution in [1.82, 2.24) is 0 Å². The van der Waals surface area contributed by atoms with Crippen LogP contribution in [0.5, 0.6) is 5.75 Å². The zero-order chi connectivity index (χ0) is 12.0. The fraction of sp³-hybridized carbons (Fsp3) is 0.538. The summed E-state index contributed by atoms with van der Waals surface area (Å²) in [5.41, 5.74) is 0.749. The lowest BCUT2D eigenvalue weighted by Crippen LogP contribution is -2.11. The Hall–Kier alpha value is -0.730. The van der Waals surface area contributed by atoms with Crippen LogP contribution in [0.2, 0.25) is 5.02 Å². The minimum Gasteiger partial charge on any atom is -0.491 e. The fourth-order valence-electron chi connectivity index (χ4n) is 1.57. The Kier molecular flexibility index (Phi) is 5.64. The molecule has 0 fully saturated rings. The summed E-state index contributed by atoms with van der Waals surface area (Å²) in [4.78, 5) is 0. The third kappa shape index (κ3) is 3.39. The van der Waals surface area contributed by atoms with Gasteiger partial charge in [-0.25, -0.2) is 0 Å². The third-order valence-electron chi connectivity index (χ3n) is 2.84. The van der Waals surface area contributed by atoms with Crippen LogP contribution in [0.1, 0.15) is 32.3 Å². The predicted molar refractivity (Wildman–Crippen MR) is 66.9 cm³/mol. The van der Waals surface area contributed by atoms with E-state index in [4.69, 9.17) is 16.3 Å². The molecule has 0 saturated heterocycles. The largest absolute Gasteiger partial charge is 0.491 e. The Morgan fingerprint density at radius 2 is 2.00 bits per heavy atom. The molecule has 0 radical (unpaired) electrons. The van der Waals surface area contributed by atoms with Gasteiger partial charge in [0.15, 0.2) is 0 Å². The van der Waals surface area contributed by atoms with Crippen LogP contribution in [-0.2, 0) is 6.61 Å². The van der Waals surface area contributed by atoms with E-state index in [-0.39, 0.29) is 6.61 Å². The van der Waals surface area contributed by atoms with E-state index in [1.54, 1.807) is 6.07 Å². The number of halogens is 1. The molecule has 3 heteroatoms. The fourth-order valence-corrected chi connectivity index (χ4v) is 1.81. The first-order valence-electron chi connectivity index (χ1n) is 5.73. The molecule has 0 aromatic heterocycles. The number of aliphatic hydroxyl groups excluding tert-OH is 1. The van der Waals surface area contributed by atoms with Gasteiger partial charge in [-0.15, -0.1) is 0 Å². The molecule has 1 N–H and O–H groups in total. The predicted octanol–water partition coefficient (Wildman–Crippen LogP) is 3.65. The van der Waals surface area contributed by atoms with E-state index >= 15 is 0 Å². The van der Waals surface area contributed by atoms with Gasteiger partial charge in [0, 0.05) is 5.56 Å². The van der Waals surface area contributed by atoms with Gasteiger partial charge in [0.05, 0.1) is 18.2 Å². The number of hydrogen-bond donors (Lipinski definition) is 1. The van der Waals surface area contributed by atoms with Gasteiger partial charge in [-0.05, 0) is 12.0 Å². The van der Waals surface area contributed by atoms with Crippen molar-refractivity contribution in [2.24, 2.45) is 5.92 Å². The molecule has 0 saturated carbocycles. The molecule has 0 amide bonds. The number of ether oxygens (including phenoxy) is 1. The van der Waals surface area contributed by atoms with Gasteiger partial charge < -0.3 is 9.84 Å². The van der Waals surface area contributed by atoms with E-state index in [9.17, 15) is 5.11 Å². The van der Waals surface area contributed by atoms with Crippen LogP contribution in [0.15, 0.2) is 18.2 Å². The standard InChI is InChI=1S/C13H19ClO2/c1-3-10(4-2)9-16-13-11(8-15)6-5-7-12(13)14/h5-7,10,15H,3-4,8-9H2,1-2H3. The Morgan fingerprint density at radius 1 is 1.31 bits per heavy atom. The molecule has 16 heavy (non-hydrogen) atoms. The van der Waals surface area contributed by atoms with Crippen molar-refractivity contribution in [3.8, 4) is 5.75 Å². The van der Waals surface area contributed by atoms with E-state index in [1.807, 2.05) is 12.1 Å². The van der Waals surface area contributed by atoms with E-state index in [0.29, 0.717) is 23.3 Å². The highest BCUT2D eigenvalue weighted by Gasteiger charge is 2.10. The highest BCUT2D eigenvalue weighted by atomic mass is 35.5. The summed E-state index contributed by atoms with van der Waals surface area (Å²) in [7, 11) is 0. The first-order valence-corrected chi connectivity index (χ1v) is 6.11. The summed E-state index contributed by atoms with van der Waals surface area (Å²) in [6, 6.07) is 5.43. The molecule has 0 aliphatic rings. The van der Waals surface area contributed by atoms with Crippen molar-refractivity contribution >= 4 is 11.6 Å². The molecule has 0 unspecified atom stereocenters. The van der Waals surface area contributed by atoms with Crippen molar-refractivity contribution < 1.29 is 9.84 Å². The van der Waals surface area contributed by atoms with Crippen LogP contribution in [0.4, 0.5) is 0 Å². The maximum absolute atomic E-state index is 9.18. The van der Waals surface area contributed by atoms with Crippen LogP contribution in [0.25, 0.3) is 0 Å². The molecular formula is C13H19ClO2. The molecule has 2 nitrogen and oxygen atoms in total. The number of aliphatic hydroxyl groups is 1. The summed E-state index contributed by atoms with van der Waals surface area (Å²) in [5, 5.41) is 9.75. The van der Waals surface area contributed by atoms with Crippen LogP contribution in [0, 0.1) is 5.92 Å². The van der Waals surface area contributed by atoms with Gasteiger partial charge in [-0.2, -0.15) is 0 Å². The van der Waals surface area contributed by atoms with Gasteiger partial charge in [0.25, 0.3) is 0 Å². The van der Waals surface area contributed by atoms with Gasteiger partial charge in [0.2, 0.25) is 0 Å². The maximum Gasteiger partial charge on any atom is 0.143 e. The van der Waals surface area contributed by atoms with Gasteiger partial charge >= 0.3 is 0 Å². The van der Waals surface area contributed by atoms with E-state index in [0.717, 1.165) is 18.4 Å². The lowest BCUT2D eigenvalue weighted by Gasteiger charge is -2.16. The quantitative estimate of drug-likeness (QED) is 0.825. The molecule has 0 aliphatic carbocycles. The average Bonchev–Trinajstić information content (AvgIpc) is 2.31. The van der Waals surface area contributed by atoms with E-state index in [1.165, 1.54) is 0 Å². The molecule has 1 rings (SSSR count). The summed E-state index contributed by atoms with van der Waals surface area (Å²) < 4.78 is 5.71. The molecule has 0 spiro atoms. The van der Waals surface area contributed by atoms with Crippen molar-refractivity contribution in [3.63, 3.8) is 0 Å². The minimum absolute atomic E-state index is 0.0428. The Bertz CT molecular complexity index is 322. The van der Waals surface area contributed by atoms with Crippen LogP contribution in [-0.4, -0.2) is 11.7 Å². The van der Waals surface area contributed by atoms with E-state index < -0.39 is 0 Å². The number of rotatable bonds is 6. The molecular weight excluding hydrogens is 224 g/mol. The first-order chi connectivity index (χ1) is 7.72. The Balaban J connectivity index is 2.72. The summed E-state index contributed by atoms with van der Waals surface area (Å²) >= 11 is 6.04. The highest BCUT2D eigenvalue weighted by Crippen LogP contribution is 2.29. The monoisotopic (exact) mass is 242 g/mol. The average molecular weight is 243 g/mol. The molecule has 0 aliphatic heterocycles. The second-order valence-electron chi connectivity index (χ2n) is 3.88. The number of benzene rings is 1. The minimum atomic E-state index is -0.0428.